The van der Waals surface area contributed by atoms with E-state index in [4.69, 9.17) is 23.2 Å². The van der Waals surface area contributed by atoms with E-state index in [1.54, 1.807) is 13.8 Å². The molecule has 1 aromatic heterocycles. The van der Waals surface area contributed by atoms with Gasteiger partial charge in [-0.3, -0.25) is 4.90 Å². The summed E-state index contributed by atoms with van der Waals surface area (Å²) < 4.78 is 29.4. The highest BCUT2D eigenvalue weighted by Crippen LogP contribution is 2.25. The van der Waals surface area contributed by atoms with Crippen molar-refractivity contribution in [2.24, 2.45) is 0 Å². The largest absolute Gasteiger partial charge is 0.359 e. The first kappa shape index (κ1) is 21.0. The van der Waals surface area contributed by atoms with E-state index in [9.17, 15) is 18.4 Å². The average Bonchev–Trinajstić information content (AvgIpc) is 2.91. The van der Waals surface area contributed by atoms with E-state index in [-0.39, 0.29) is 22.2 Å². The molecule has 152 valence electrons. The van der Waals surface area contributed by atoms with Gasteiger partial charge in [0.2, 0.25) is 0 Å². The summed E-state index contributed by atoms with van der Waals surface area (Å²) in [6.45, 7) is 4.74. The highest BCUT2D eigenvalue weighted by atomic mass is 35.5. The van der Waals surface area contributed by atoms with E-state index in [0.29, 0.717) is 11.1 Å². The molecule has 0 aliphatic carbocycles. The summed E-state index contributed by atoms with van der Waals surface area (Å²) in [6.07, 6.45) is 0. The van der Waals surface area contributed by atoms with Crippen LogP contribution in [0, 0.1) is 18.6 Å². The molecule has 0 saturated heterocycles. The minimum atomic E-state index is -0.925. The lowest BCUT2D eigenvalue weighted by Crippen LogP contribution is -2.45. The van der Waals surface area contributed by atoms with Crippen LogP contribution in [0.5, 0.6) is 0 Å². The van der Waals surface area contributed by atoms with Crippen molar-refractivity contribution in [1.29, 1.82) is 0 Å². The third-order valence-electron chi connectivity index (χ3n) is 4.16. The van der Waals surface area contributed by atoms with Crippen molar-refractivity contribution in [3.63, 3.8) is 0 Å². The van der Waals surface area contributed by atoms with E-state index in [2.05, 4.69) is 5.10 Å². The summed E-state index contributed by atoms with van der Waals surface area (Å²) in [7, 11) is 0. The van der Waals surface area contributed by atoms with Crippen LogP contribution in [0.3, 0.4) is 0 Å². The molecule has 10 heteroatoms. The SMILES string of the molecule is Cc1nn(-c2ccc(Cl)cc2Cl)c(=O)n1C(=O)N(c1ccc(F)cc1F)C(C)C. The van der Waals surface area contributed by atoms with E-state index < -0.39 is 29.4 Å². The van der Waals surface area contributed by atoms with Crippen molar-refractivity contribution in [3.05, 3.63) is 74.4 Å². The number of aryl methyl sites for hydroxylation is 1. The number of carbonyl (C=O) groups excluding carboxylic acids is 1. The van der Waals surface area contributed by atoms with Crippen LogP contribution in [0.15, 0.2) is 41.2 Å². The van der Waals surface area contributed by atoms with Gasteiger partial charge in [0.05, 0.1) is 16.4 Å². The van der Waals surface area contributed by atoms with Crippen molar-refractivity contribution in [3.8, 4) is 5.69 Å². The molecule has 6 nitrogen and oxygen atoms in total. The smallest absolute Gasteiger partial charge is 0.288 e. The number of hydrogen-bond acceptors (Lipinski definition) is 3. The number of halogens is 4. The van der Waals surface area contributed by atoms with Crippen LogP contribution in [0.2, 0.25) is 10.0 Å². The van der Waals surface area contributed by atoms with Crippen LogP contribution >= 0.6 is 23.2 Å². The van der Waals surface area contributed by atoms with Gasteiger partial charge >= 0.3 is 11.7 Å². The summed E-state index contributed by atoms with van der Waals surface area (Å²) in [5.41, 5.74) is -0.709. The van der Waals surface area contributed by atoms with Gasteiger partial charge in [-0.15, -0.1) is 5.10 Å². The van der Waals surface area contributed by atoms with Crippen molar-refractivity contribution in [1.82, 2.24) is 14.3 Å². The molecule has 0 radical (unpaired) electrons. The molecule has 0 fully saturated rings. The minimum Gasteiger partial charge on any atom is -0.288 e. The zero-order chi connectivity index (χ0) is 21.5. The van der Waals surface area contributed by atoms with Gasteiger partial charge in [-0.1, -0.05) is 23.2 Å². The van der Waals surface area contributed by atoms with E-state index >= 15 is 0 Å². The first-order valence-corrected chi connectivity index (χ1v) is 9.30. The van der Waals surface area contributed by atoms with Gasteiger partial charge in [0.15, 0.2) is 0 Å². The van der Waals surface area contributed by atoms with Crippen molar-refractivity contribution < 1.29 is 13.6 Å². The molecule has 0 N–H and O–H groups in total. The molecule has 0 spiro atoms. The van der Waals surface area contributed by atoms with Gasteiger partial charge < -0.3 is 0 Å². The number of benzene rings is 2. The normalized spacial score (nSPS) is 11.2. The highest BCUT2D eigenvalue weighted by molar-refractivity contribution is 6.35. The first-order valence-electron chi connectivity index (χ1n) is 8.54. The third kappa shape index (κ3) is 3.90. The number of aromatic nitrogens is 3. The lowest BCUT2D eigenvalue weighted by Gasteiger charge is -2.27. The summed E-state index contributed by atoms with van der Waals surface area (Å²) in [5.74, 6) is -1.63. The fraction of sp³-hybridized carbons (Fsp3) is 0.211. The molecule has 0 atom stereocenters. The molecule has 1 amide bonds. The Hall–Kier alpha value is -2.71. The van der Waals surface area contributed by atoms with Gasteiger partial charge in [-0.2, -0.15) is 9.25 Å². The molecule has 3 rings (SSSR count). The Morgan fingerprint density at radius 1 is 1.14 bits per heavy atom. The molecule has 0 saturated carbocycles. The highest BCUT2D eigenvalue weighted by Gasteiger charge is 2.28. The second kappa shape index (κ2) is 7.96. The van der Waals surface area contributed by atoms with E-state index in [0.717, 1.165) is 26.3 Å². The topological polar surface area (TPSA) is 60.1 Å². The lowest BCUT2D eigenvalue weighted by atomic mass is 10.2. The Labute approximate surface area is 174 Å². The van der Waals surface area contributed by atoms with Gasteiger partial charge in [-0.25, -0.2) is 18.4 Å². The predicted octanol–water partition coefficient (Wildman–Crippen LogP) is 4.81. The Morgan fingerprint density at radius 2 is 1.83 bits per heavy atom. The molecular formula is C19H16Cl2F2N4O2. The van der Waals surface area contributed by atoms with Crippen molar-refractivity contribution in [2.45, 2.75) is 26.8 Å². The maximum atomic E-state index is 14.3. The average molecular weight is 441 g/mol. The van der Waals surface area contributed by atoms with Crippen LogP contribution in [0.25, 0.3) is 5.69 Å². The maximum absolute atomic E-state index is 14.3. The van der Waals surface area contributed by atoms with Crippen molar-refractivity contribution in [2.75, 3.05) is 4.90 Å². The second-order valence-corrected chi connectivity index (χ2v) is 7.36. The number of nitrogens with zero attached hydrogens (tertiary/aromatic N) is 4. The molecular weight excluding hydrogens is 425 g/mol. The number of anilines is 1. The number of carbonyl (C=O) groups is 1. The fourth-order valence-electron chi connectivity index (χ4n) is 2.88. The Kier molecular flexibility index (Phi) is 5.77. The number of rotatable bonds is 3. The van der Waals surface area contributed by atoms with Gasteiger partial charge in [0.25, 0.3) is 0 Å². The monoisotopic (exact) mass is 440 g/mol. The Balaban J connectivity index is 2.13. The van der Waals surface area contributed by atoms with Gasteiger partial charge in [0, 0.05) is 17.1 Å². The van der Waals surface area contributed by atoms with Crippen LogP contribution in [0.4, 0.5) is 19.3 Å². The van der Waals surface area contributed by atoms with Gasteiger partial charge in [0.1, 0.15) is 17.5 Å². The van der Waals surface area contributed by atoms with Crippen LogP contribution in [-0.4, -0.2) is 26.4 Å². The molecule has 0 bridgehead atoms. The predicted molar refractivity (Wildman–Crippen MR) is 107 cm³/mol. The van der Waals surface area contributed by atoms with E-state index in [1.807, 2.05) is 0 Å². The molecule has 3 aromatic rings. The molecule has 0 unspecified atom stereocenters. The van der Waals surface area contributed by atoms with Crippen molar-refractivity contribution >= 4 is 34.9 Å². The summed E-state index contributed by atoms with van der Waals surface area (Å²) >= 11 is 12.0. The number of amides is 1. The minimum absolute atomic E-state index is 0.0687. The molecule has 0 aliphatic rings. The third-order valence-corrected chi connectivity index (χ3v) is 4.70. The summed E-state index contributed by atoms with van der Waals surface area (Å²) in [4.78, 5) is 27.2. The zero-order valence-corrected chi connectivity index (χ0v) is 17.2. The zero-order valence-electron chi connectivity index (χ0n) is 15.7. The fourth-order valence-corrected chi connectivity index (χ4v) is 3.37. The van der Waals surface area contributed by atoms with Crippen LogP contribution < -0.4 is 10.6 Å². The van der Waals surface area contributed by atoms with E-state index in [1.165, 1.54) is 25.1 Å². The van der Waals surface area contributed by atoms with Crippen LogP contribution in [-0.2, 0) is 0 Å². The van der Waals surface area contributed by atoms with Gasteiger partial charge in [-0.05, 0) is 51.1 Å². The van der Waals surface area contributed by atoms with Crippen LogP contribution in [0.1, 0.15) is 19.7 Å². The Morgan fingerprint density at radius 3 is 2.41 bits per heavy atom. The molecule has 29 heavy (non-hydrogen) atoms. The Bertz CT molecular complexity index is 1160. The summed E-state index contributed by atoms with van der Waals surface area (Å²) in [6, 6.07) is 5.95. The quantitative estimate of drug-likeness (QED) is 0.586. The lowest BCUT2D eigenvalue weighted by molar-refractivity contribution is 0.244. The standard InChI is InChI=1S/C19H16Cl2F2N4O2/c1-10(2)25(17-7-5-13(22)9-15(17)23)18(28)26-11(3)24-27(19(26)29)16-6-4-12(20)8-14(16)21/h4-10H,1-3H3. The summed E-state index contributed by atoms with van der Waals surface area (Å²) in [5, 5.41) is 4.64. The molecule has 1 heterocycles. The number of hydrogen-bond donors (Lipinski definition) is 0. The molecule has 2 aromatic carbocycles. The second-order valence-electron chi connectivity index (χ2n) is 6.51. The maximum Gasteiger partial charge on any atom is 0.359 e. The molecule has 0 aliphatic heterocycles. The first-order chi connectivity index (χ1) is 13.6.